The lowest BCUT2D eigenvalue weighted by atomic mass is 10.0. The fraction of sp³-hybridized carbons (Fsp3) is 0.0667. The zero-order valence-corrected chi connectivity index (χ0v) is 11.8. The lowest BCUT2D eigenvalue weighted by molar-refractivity contribution is -0.355. The number of nitrogens with zero attached hydrogens (tertiary/aromatic N) is 1. The van der Waals surface area contributed by atoms with Crippen LogP contribution in [0.3, 0.4) is 0 Å². The molecule has 1 heterocycles. The van der Waals surface area contributed by atoms with Crippen molar-refractivity contribution in [1.29, 1.82) is 0 Å². The fourth-order valence-corrected chi connectivity index (χ4v) is 2.51. The SMILES string of the molecule is Cc1ccc(C2=[N+]([O-])c3cc(Br)ccc3C2=O)cc1. The Morgan fingerprint density at radius 2 is 1.79 bits per heavy atom. The number of Topliss-reactive ketones (excluding diaryl/α,β-unsaturated/α-hetero) is 1. The number of hydrogen-bond donors (Lipinski definition) is 0. The van der Waals surface area contributed by atoms with Gasteiger partial charge < -0.3 is 5.21 Å². The minimum absolute atomic E-state index is 0.188. The van der Waals surface area contributed by atoms with Crippen LogP contribution in [-0.4, -0.2) is 16.2 Å². The van der Waals surface area contributed by atoms with Crippen molar-refractivity contribution in [1.82, 2.24) is 0 Å². The highest BCUT2D eigenvalue weighted by Crippen LogP contribution is 2.30. The Morgan fingerprint density at radius 1 is 1.11 bits per heavy atom. The molecular weight excluding hydrogens is 306 g/mol. The molecule has 0 unspecified atom stereocenters. The number of halogens is 1. The maximum Gasteiger partial charge on any atom is 0.272 e. The number of fused-ring (bicyclic) bond motifs is 1. The molecule has 3 rings (SSSR count). The maximum absolute atomic E-state index is 12.3. The van der Waals surface area contributed by atoms with Crippen LogP contribution in [0.15, 0.2) is 46.9 Å². The van der Waals surface area contributed by atoms with Gasteiger partial charge >= 0.3 is 0 Å². The first-order valence-corrected chi connectivity index (χ1v) is 6.63. The Balaban J connectivity index is 2.18. The van der Waals surface area contributed by atoms with Gasteiger partial charge in [-0.15, -0.1) is 0 Å². The van der Waals surface area contributed by atoms with Gasteiger partial charge in [0.15, 0.2) is 0 Å². The van der Waals surface area contributed by atoms with Crippen LogP contribution in [0, 0.1) is 12.1 Å². The summed E-state index contributed by atoms with van der Waals surface area (Å²) < 4.78 is 1.50. The Morgan fingerprint density at radius 3 is 2.47 bits per heavy atom. The van der Waals surface area contributed by atoms with Crippen LogP contribution < -0.4 is 0 Å². The van der Waals surface area contributed by atoms with E-state index in [0.29, 0.717) is 21.6 Å². The molecular formula is C15H10BrNO2. The van der Waals surface area contributed by atoms with Crippen molar-refractivity contribution >= 4 is 33.1 Å². The molecule has 0 spiro atoms. The van der Waals surface area contributed by atoms with Gasteiger partial charge in [0.1, 0.15) is 5.56 Å². The van der Waals surface area contributed by atoms with Gasteiger partial charge in [0.2, 0.25) is 5.69 Å². The van der Waals surface area contributed by atoms with Gasteiger partial charge in [-0.2, -0.15) is 4.74 Å². The molecule has 0 fully saturated rings. The van der Waals surface area contributed by atoms with E-state index in [0.717, 1.165) is 10.0 Å². The third-order valence-electron chi connectivity index (χ3n) is 3.17. The van der Waals surface area contributed by atoms with E-state index in [9.17, 15) is 10.0 Å². The minimum atomic E-state index is -0.221. The smallest absolute Gasteiger partial charge is 0.272 e. The summed E-state index contributed by atoms with van der Waals surface area (Å²) in [6, 6.07) is 12.5. The summed E-state index contributed by atoms with van der Waals surface area (Å²) in [4.78, 5) is 12.3. The van der Waals surface area contributed by atoms with Crippen molar-refractivity contribution in [3.63, 3.8) is 0 Å². The van der Waals surface area contributed by atoms with E-state index in [2.05, 4.69) is 15.9 Å². The molecule has 1 aliphatic rings. The van der Waals surface area contributed by atoms with E-state index in [-0.39, 0.29) is 11.5 Å². The zero-order chi connectivity index (χ0) is 13.6. The highest BCUT2D eigenvalue weighted by molar-refractivity contribution is 9.10. The van der Waals surface area contributed by atoms with Crippen molar-refractivity contribution in [2.75, 3.05) is 0 Å². The van der Waals surface area contributed by atoms with E-state index in [1.165, 1.54) is 0 Å². The number of aryl methyl sites for hydroxylation is 1. The molecule has 0 radical (unpaired) electrons. The summed E-state index contributed by atoms with van der Waals surface area (Å²) in [5, 5.41) is 12.3. The highest BCUT2D eigenvalue weighted by atomic mass is 79.9. The third-order valence-corrected chi connectivity index (χ3v) is 3.66. The normalized spacial score (nSPS) is 13.9. The topological polar surface area (TPSA) is 43.1 Å². The van der Waals surface area contributed by atoms with E-state index in [1.54, 1.807) is 30.3 Å². The summed E-state index contributed by atoms with van der Waals surface area (Å²) in [5.74, 6) is -0.221. The molecule has 0 amide bonds. The second kappa shape index (κ2) is 4.31. The number of hydrogen-bond acceptors (Lipinski definition) is 2. The van der Waals surface area contributed by atoms with E-state index >= 15 is 0 Å². The Kier molecular flexibility index (Phi) is 2.75. The van der Waals surface area contributed by atoms with Crippen molar-refractivity contribution < 1.29 is 9.53 Å². The second-order valence-corrected chi connectivity index (χ2v) is 5.42. The van der Waals surface area contributed by atoms with Crippen LogP contribution in [-0.2, 0) is 0 Å². The predicted octanol–water partition coefficient (Wildman–Crippen LogP) is 3.58. The second-order valence-electron chi connectivity index (χ2n) is 4.50. The molecule has 0 aromatic heterocycles. The molecule has 4 heteroatoms. The lowest BCUT2D eigenvalue weighted by Crippen LogP contribution is -2.16. The average Bonchev–Trinajstić information content (AvgIpc) is 2.63. The Labute approximate surface area is 118 Å². The summed E-state index contributed by atoms with van der Waals surface area (Å²) in [7, 11) is 0. The first kappa shape index (κ1) is 12.1. The number of rotatable bonds is 1. The molecule has 0 atom stereocenters. The molecule has 0 saturated heterocycles. The van der Waals surface area contributed by atoms with Gasteiger partial charge in [-0.05, 0) is 31.2 Å². The van der Waals surface area contributed by atoms with Crippen molar-refractivity contribution in [2.24, 2.45) is 0 Å². The first-order valence-electron chi connectivity index (χ1n) is 5.83. The largest absolute Gasteiger partial charge is 0.618 e. The van der Waals surface area contributed by atoms with Crippen LogP contribution >= 0.6 is 15.9 Å². The summed E-state index contributed by atoms with van der Waals surface area (Å²) in [5.41, 5.74) is 2.78. The van der Waals surface area contributed by atoms with E-state index in [4.69, 9.17) is 0 Å². The van der Waals surface area contributed by atoms with Gasteiger partial charge in [-0.3, -0.25) is 4.79 Å². The molecule has 0 N–H and O–H groups in total. The molecule has 0 aliphatic carbocycles. The number of carbonyl (C=O) groups is 1. The molecule has 0 bridgehead atoms. The van der Waals surface area contributed by atoms with Gasteiger partial charge in [0.25, 0.3) is 11.5 Å². The van der Waals surface area contributed by atoms with Gasteiger partial charge in [-0.25, -0.2) is 0 Å². The zero-order valence-electron chi connectivity index (χ0n) is 10.2. The van der Waals surface area contributed by atoms with Crippen molar-refractivity contribution in [3.05, 3.63) is 68.8 Å². The van der Waals surface area contributed by atoms with Crippen LogP contribution in [0.25, 0.3) is 0 Å². The highest BCUT2D eigenvalue weighted by Gasteiger charge is 2.36. The lowest BCUT2D eigenvalue weighted by Gasteiger charge is -2.02. The third kappa shape index (κ3) is 1.88. The summed E-state index contributed by atoms with van der Waals surface area (Å²) in [6.07, 6.45) is 0. The van der Waals surface area contributed by atoms with E-state index in [1.807, 2.05) is 19.1 Å². The van der Waals surface area contributed by atoms with Crippen LogP contribution in [0.2, 0.25) is 0 Å². The Hall–Kier alpha value is -1.94. The standard InChI is InChI=1S/C15H10BrNO2/c1-9-2-4-10(5-3-9)14-15(18)12-7-6-11(16)8-13(12)17(14)19/h2-8H,1H3. The molecule has 0 saturated carbocycles. The van der Waals surface area contributed by atoms with Crippen LogP contribution in [0.5, 0.6) is 0 Å². The number of carbonyl (C=O) groups excluding carboxylic acids is 1. The Bertz CT molecular complexity index is 717. The molecule has 1 aliphatic heterocycles. The van der Waals surface area contributed by atoms with Crippen LogP contribution in [0.1, 0.15) is 21.5 Å². The molecule has 19 heavy (non-hydrogen) atoms. The molecule has 2 aromatic carbocycles. The first-order chi connectivity index (χ1) is 9.08. The van der Waals surface area contributed by atoms with Crippen molar-refractivity contribution in [2.45, 2.75) is 6.92 Å². The monoisotopic (exact) mass is 315 g/mol. The summed E-state index contributed by atoms with van der Waals surface area (Å²) in [6.45, 7) is 1.96. The van der Waals surface area contributed by atoms with Crippen molar-refractivity contribution in [3.8, 4) is 0 Å². The van der Waals surface area contributed by atoms with E-state index < -0.39 is 0 Å². The number of ketones is 1. The molecule has 3 nitrogen and oxygen atoms in total. The fourth-order valence-electron chi connectivity index (χ4n) is 2.16. The maximum atomic E-state index is 12.3. The quantitative estimate of drug-likeness (QED) is 0.596. The molecule has 94 valence electrons. The van der Waals surface area contributed by atoms with Crippen LogP contribution in [0.4, 0.5) is 5.69 Å². The molecule has 2 aromatic rings. The number of benzene rings is 2. The summed E-state index contributed by atoms with van der Waals surface area (Å²) >= 11 is 3.31. The van der Waals surface area contributed by atoms with Gasteiger partial charge in [-0.1, -0.05) is 33.6 Å². The van der Waals surface area contributed by atoms with Gasteiger partial charge in [0, 0.05) is 10.5 Å². The average molecular weight is 316 g/mol. The predicted molar refractivity (Wildman–Crippen MR) is 77.0 cm³/mol. The van der Waals surface area contributed by atoms with Gasteiger partial charge in [0.05, 0.1) is 5.56 Å². The minimum Gasteiger partial charge on any atom is -0.618 e.